The molecule has 3 heterocycles. The fourth-order valence-electron chi connectivity index (χ4n) is 7.78. The normalized spacial score (nSPS) is 15.2. The van der Waals surface area contributed by atoms with Crippen molar-refractivity contribution in [1.29, 1.82) is 0 Å². The molecule has 0 fully saturated rings. The van der Waals surface area contributed by atoms with Crippen molar-refractivity contribution in [2.45, 2.75) is 13.3 Å². The maximum atomic E-state index is 6.50. The van der Waals surface area contributed by atoms with Crippen LogP contribution in [0.4, 0.5) is 0 Å². The maximum Gasteiger partial charge on any atom is 0.159 e. The molecule has 9 aromatic rings. The van der Waals surface area contributed by atoms with Gasteiger partial charge in [-0.2, -0.15) is 0 Å². The van der Waals surface area contributed by atoms with Crippen molar-refractivity contribution in [2.75, 3.05) is 0 Å². The predicted octanol–water partition coefficient (Wildman–Crippen LogP) is 11.9. The molecule has 1 unspecified atom stereocenters. The molecule has 6 aromatic carbocycles. The van der Waals surface area contributed by atoms with Crippen molar-refractivity contribution >= 4 is 71.2 Å². The van der Waals surface area contributed by atoms with Crippen LogP contribution in [0.3, 0.4) is 0 Å². The molecule has 0 bridgehead atoms. The zero-order valence-electron chi connectivity index (χ0n) is 25.4. The number of benzene rings is 6. The average molecular weight is 591 g/mol. The van der Waals surface area contributed by atoms with E-state index in [-0.39, 0.29) is 0 Å². The molecule has 10 rings (SSSR count). The topological polar surface area (TPSA) is 23.0 Å². The van der Waals surface area contributed by atoms with Gasteiger partial charge < -0.3 is 13.6 Å². The Morgan fingerprint density at radius 1 is 0.543 bits per heavy atom. The molecule has 218 valence electrons. The van der Waals surface area contributed by atoms with E-state index in [0.717, 1.165) is 34.0 Å². The molecule has 3 aromatic heterocycles. The smallest absolute Gasteiger partial charge is 0.159 e. The van der Waals surface area contributed by atoms with Crippen LogP contribution in [0, 0.1) is 5.92 Å². The Labute approximate surface area is 265 Å². The summed E-state index contributed by atoms with van der Waals surface area (Å²) in [4.78, 5) is 0. The third kappa shape index (κ3) is 3.54. The van der Waals surface area contributed by atoms with Crippen LogP contribution >= 0.6 is 0 Å². The first-order valence-electron chi connectivity index (χ1n) is 16.1. The van der Waals surface area contributed by atoms with Crippen molar-refractivity contribution in [3.05, 3.63) is 146 Å². The van der Waals surface area contributed by atoms with E-state index in [4.69, 9.17) is 4.42 Å². The van der Waals surface area contributed by atoms with Gasteiger partial charge in [0, 0.05) is 43.9 Å². The zero-order valence-corrected chi connectivity index (χ0v) is 25.4. The number of fused-ring (bicyclic) bond motifs is 9. The first-order chi connectivity index (χ1) is 22.7. The number of nitrogens with zero attached hydrogens (tertiary/aromatic N) is 2. The van der Waals surface area contributed by atoms with E-state index in [2.05, 4.69) is 156 Å². The number of para-hydroxylation sites is 4. The van der Waals surface area contributed by atoms with Gasteiger partial charge in [-0.15, -0.1) is 0 Å². The van der Waals surface area contributed by atoms with Crippen LogP contribution in [0.25, 0.3) is 88.1 Å². The van der Waals surface area contributed by atoms with E-state index in [9.17, 15) is 0 Å². The van der Waals surface area contributed by atoms with E-state index < -0.39 is 0 Å². The number of allylic oxidation sites excluding steroid dienone is 4. The second kappa shape index (κ2) is 9.60. The van der Waals surface area contributed by atoms with Gasteiger partial charge >= 0.3 is 0 Å². The van der Waals surface area contributed by atoms with E-state index in [0.29, 0.717) is 5.92 Å². The molecule has 3 heteroatoms. The molecule has 0 saturated heterocycles. The van der Waals surface area contributed by atoms with Crippen LogP contribution in [-0.2, 0) is 0 Å². The summed E-state index contributed by atoms with van der Waals surface area (Å²) in [5, 5.41) is 7.32. The summed E-state index contributed by atoms with van der Waals surface area (Å²) < 4.78 is 11.3. The van der Waals surface area contributed by atoms with Crippen LogP contribution in [0.5, 0.6) is 0 Å². The van der Waals surface area contributed by atoms with E-state index >= 15 is 0 Å². The Balaban J connectivity index is 1.19. The number of rotatable bonds is 3. The highest BCUT2D eigenvalue weighted by Gasteiger charge is 2.20. The molecule has 46 heavy (non-hydrogen) atoms. The molecule has 1 aliphatic carbocycles. The quantitative estimate of drug-likeness (QED) is 0.201. The van der Waals surface area contributed by atoms with Gasteiger partial charge in [-0.05, 0) is 72.2 Å². The molecule has 0 amide bonds. The minimum atomic E-state index is 0.466. The lowest BCUT2D eigenvalue weighted by Gasteiger charge is -2.20. The molecular weight excluding hydrogens is 560 g/mol. The van der Waals surface area contributed by atoms with Crippen molar-refractivity contribution in [2.24, 2.45) is 5.92 Å². The number of hydrogen-bond donors (Lipinski definition) is 0. The summed E-state index contributed by atoms with van der Waals surface area (Å²) in [7, 11) is 0. The van der Waals surface area contributed by atoms with E-state index in [1.165, 1.54) is 60.4 Å². The Kier molecular flexibility index (Phi) is 5.32. The fraction of sp³-hybridized carbons (Fsp3) is 0.0698. The monoisotopic (exact) mass is 590 g/mol. The van der Waals surface area contributed by atoms with E-state index in [1.54, 1.807) is 0 Å². The Morgan fingerprint density at radius 2 is 1.13 bits per heavy atom. The van der Waals surface area contributed by atoms with Gasteiger partial charge in [0.15, 0.2) is 5.58 Å². The minimum absolute atomic E-state index is 0.466. The second-order valence-corrected chi connectivity index (χ2v) is 12.6. The van der Waals surface area contributed by atoms with Crippen LogP contribution < -0.4 is 0 Å². The van der Waals surface area contributed by atoms with E-state index in [1.807, 2.05) is 6.07 Å². The molecule has 0 aliphatic heterocycles. The number of aromatic nitrogens is 2. The van der Waals surface area contributed by atoms with Crippen molar-refractivity contribution in [3.8, 4) is 16.8 Å². The highest BCUT2D eigenvalue weighted by atomic mass is 16.3. The lowest BCUT2D eigenvalue weighted by Crippen LogP contribution is -2.07. The van der Waals surface area contributed by atoms with Crippen LogP contribution in [0.1, 0.15) is 13.3 Å². The van der Waals surface area contributed by atoms with Crippen LogP contribution in [0.15, 0.2) is 150 Å². The van der Waals surface area contributed by atoms with Crippen molar-refractivity contribution < 1.29 is 4.42 Å². The van der Waals surface area contributed by atoms with Gasteiger partial charge in [0.2, 0.25) is 0 Å². The van der Waals surface area contributed by atoms with Gasteiger partial charge in [0.25, 0.3) is 0 Å². The number of furan rings is 1. The molecular formula is C43H30N2O. The Morgan fingerprint density at radius 3 is 1.85 bits per heavy atom. The van der Waals surface area contributed by atoms with Crippen LogP contribution in [-0.4, -0.2) is 9.13 Å². The third-order valence-corrected chi connectivity index (χ3v) is 9.96. The van der Waals surface area contributed by atoms with Gasteiger partial charge in [-0.25, -0.2) is 0 Å². The molecule has 0 radical (unpaired) electrons. The summed E-state index contributed by atoms with van der Waals surface area (Å²) in [5.41, 5.74) is 11.5. The number of hydrogen-bond acceptors (Lipinski definition) is 1. The van der Waals surface area contributed by atoms with Gasteiger partial charge in [-0.3, -0.25) is 0 Å². The highest BCUT2D eigenvalue weighted by molar-refractivity contribution is 6.14. The summed E-state index contributed by atoms with van der Waals surface area (Å²) in [5.74, 6) is 0.466. The first-order valence-corrected chi connectivity index (χ1v) is 16.1. The fourth-order valence-corrected chi connectivity index (χ4v) is 7.78. The predicted molar refractivity (Wildman–Crippen MR) is 194 cm³/mol. The summed E-state index contributed by atoms with van der Waals surface area (Å²) in [6.07, 6.45) is 7.81. The van der Waals surface area contributed by atoms with Gasteiger partial charge in [0.1, 0.15) is 5.58 Å². The average Bonchev–Trinajstić information content (AvgIpc) is 3.76. The lowest BCUT2D eigenvalue weighted by molar-refractivity contribution is 0.666. The van der Waals surface area contributed by atoms with Crippen molar-refractivity contribution in [1.82, 2.24) is 9.13 Å². The molecule has 1 atom stereocenters. The lowest BCUT2D eigenvalue weighted by atomic mass is 9.98. The zero-order chi connectivity index (χ0) is 30.4. The molecule has 1 aliphatic rings. The van der Waals surface area contributed by atoms with Gasteiger partial charge in [-0.1, -0.05) is 97.9 Å². The Hall–Kier alpha value is -5.80. The summed E-state index contributed by atoms with van der Waals surface area (Å²) >= 11 is 0. The third-order valence-electron chi connectivity index (χ3n) is 9.96. The summed E-state index contributed by atoms with van der Waals surface area (Å²) in [6.45, 7) is 2.32. The van der Waals surface area contributed by atoms with Crippen LogP contribution in [0.2, 0.25) is 0 Å². The maximum absolute atomic E-state index is 6.50. The summed E-state index contributed by atoms with van der Waals surface area (Å²) in [6, 6.07) is 46.2. The highest BCUT2D eigenvalue weighted by Crippen LogP contribution is 2.41. The molecule has 3 nitrogen and oxygen atoms in total. The standard InChI is InChI=1S/C43H30N2O/c1-27-11-2-6-16-36(27)44-37-17-7-3-12-30(37)34-25-28(21-23-39(34)44)29-22-24-40-35(26-29)31-13-4-8-18-38(31)45(40)41-19-10-15-33-32-14-5-9-20-42(32)46-43(33)41/h2-10,12-27H,11H2,1H3. The molecule has 0 saturated carbocycles. The van der Waals surface area contributed by atoms with Gasteiger partial charge in [0.05, 0.1) is 27.8 Å². The first kappa shape index (κ1) is 25.5. The Bertz CT molecular complexity index is 2750. The molecule has 0 N–H and O–H groups in total. The largest absolute Gasteiger partial charge is 0.454 e. The minimum Gasteiger partial charge on any atom is -0.454 e. The second-order valence-electron chi connectivity index (χ2n) is 12.6. The molecule has 0 spiro atoms. The van der Waals surface area contributed by atoms with Crippen molar-refractivity contribution in [3.63, 3.8) is 0 Å². The SMILES string of the molecule is CC1CC=CC=C1n1c2ccccc2c2cc(-c3ccc4c(c3)c3ccccc3n4-c3cccc4c3oc3ccccc34)ccc21.